The Morgan fingerprint density at radius 2 is 1.46 bits per heavy atom. The van der Waals surface area contributed by atoms with Crippen molar-refractivity contribution >= 4 is 0 Å². The summed E-state index contributed by atoms with van der Waals surface area (Å²) in [4.78, 5) is 0. The molecule has 0 rings (SSSR count). The summed E-state index contributed by atoms with van der Waals surface area (Å²) in [7, 11) is 0. The van der Waals surface area contributed by atoms with E-state index in [4.69, 9.17) is 10.2 Å². The minimum absolute atomic E-state index is 0.130. The normalized spacial score (nSPS) is 18.2. The van der Waals surface area contributed by atoms with Gasteiger partial charge in [0.25, 0.3) is 0 Å². The molecular weight excluding hydrogens is 168 g/mol. The van der Waals surface area contributed by atoms with E-state index in [0.717, 1.165) is 12.8 Å². The lowest BCUT2D eigenvalue weighted by molar-refractivity contribution is 0.0469. The van der Waals surface area contributed by atoms with Gasteiger partial charge in [-0.1, -0.05) is 13.8 Å². The van der Waals surface area contributed by atoms with Crippen LogP contribution in [-0.2, 0) is 0 Å². The van der Waals surface area contributed by atoms with Crippen molar-refractivity contribution in [1.82, 2.24) is 0 Å². The van der Waals surface area contributed by atoms with Crippen LogP contribution in [0, 0.1) is 11.8 Å². The van der Waals surface area contributed by atoms with E-state index in [1.807, 2.05) is 13.8 Å². The van der Waals surface area contributed by atoms with Gasteiger partial charge in [-0.3, -0.25) is 0 Å². The van der Waals surface area contributed by atoms with Crippen LogP contribution in [-0.4, -0.2) is 34.6 Å². The van der Waals surface area contributed by atoms with Gasteiger partial charge in [0.2, 0.25) is 0 Å². The third-order valence-corrected chi connectivity index (χ3v) is 2.57. The van der Waals surface area contributed by atoms with Crippen LogP contribution in [0.5, 0.6) is 0 Å². The van der Waals surface area contributed by atoms with Crippen molar-refractivity contribution in [2.75, 3.05) is 13.2 Å². The number of aliphatic hydroxyl groups is 3. The average molecular weight is 190 g/mol. The summed E-state index contributed by atoms with van der Waals surface area (Å²) >= 11 is 0. The Bertz CT molecular complexity index is 117. The fourth-order valence-corrected chi connectivity index (χ4v) is 1.52. The molecule has 3 N–H and O–H groups in total. The van der Waals surface area contributed by atoms with Crippen LogP contribution in [0.4, 0.5) is 0 Å². The quantitative estimate of drug-likeness (QED) is 0.556. The molecule has 0 aliphatic carbocycles. The number of hydrogen-bond acceptors (Lipinski definition) is 3. The SMILES string of the molecule is C[C@@H](CCO)[C@@H](O)[C@@H](C)CCCO. The van der Waals surface area contributed by atoms with E-state index in [-0.39, 0.29) is 31.2 Å². The van der Waals surface area contributed by atoms with Crippen LogP contribution in [0.2, 0.25) is 0 Å². The average Bonchev–Trinajstić information content (AvgIpc) is 2.13. The van der Waals surface area contributed by atoms with E-state index in [1.54, 1.807) is 0 Å². The molecular formula is C10H22O3. The summed E-state index contributed by atoms with van der Waals surface area (Å²) in [6.07, 6.45) is 1.86. The van der Waals surface area contributed by atoms with Crippen molar-refractivity contribution in [2.45, 2.75) is 39.2 Å². The molecule has 3 nitrogen and oxygen atoms in total. The Morgan fingerprint density at radius 1 is 0.923 bits per heavy atom. The van der Waals surface area contributed by atoms with E-state index in [9.17, 15) is 5.11 Å². The van der Waals surface area contributed by atoms with E-state index in [0.29, 0.717) is 6.42 Å². The summed E-state index contributed by atoms with van der Waals surface area (Å²) in [6.45, 7) is 4.24. The summed E-state index contributed by atoms with van der Waals surface area (Å²) in [5.41, 5.74) is 0. The van der Waals surface area contributed by atoms with Gasteiger partial charge in [-0.05, 0) is 31.1 Å². The van der Waals surface area contributed by atoms with E-state index >= 15 is 0 Å². The lowest BCUT2D eigenvalue weighted by Gasteiger charge is -2.24. The Labute approximate surface area is 80.4 Å². The molecule has 80 valence electrons. The van der Waals surface area contributed by atoms with Gasteiger partial charge in [-0.15, -0.1) is 0 Å². The zero-order valence-corrected chi connectivity index (χ0v) is 8.61. The minimum atomic E-state index is -0.362. The molecule has 0 saturated carbocycles. The van der Waals surface area contributed by atoms with Crippen molar-refractivity contribution in [3.63, 3.8) is 0 Å². The summed E-state index contributed by atoms with van der Waals surface area (Å²) in [6, 6.07) is 0. The molecule has 0 unspecified atom stereocenters. The third kappa shape index (κ3) is 5.24. The molecule has 0 aromatic rings. The largest absolute Gasteiger partial charge is 0.396 e. The Morgan fingerprint density at radius 3 is 1.92 bits per heavy atom. The standard InChI is InChI=1S/C10H22O3/c1-8(4-3-6-11)10(13)9(2)5-7-12/h8-13H,3-7H2,1-2H3/t8-,9-,10-/m0/s1. The molecule has 3 heteroatoms. The van der Waals surface area contributed by atoms with Crippen LogP contribution >= 0.6 is 0 Å². The number of aliphatic hydroxyl groups excluding tert-OH is 3. The van der Waals surface area contributed by atoms with Crippen LogP contribution in [0.15, 0.2) is 0 Å². The Balaban J connectivity index is 3.71. The maximum atomic E-state index is 9.75. The van der Waals surface area contributed by atoms with Crippen molar-refractivity contribution in [2.24, 2.45) is 11.8 Å². The van der Waals surface area contributed by atoms with Crippen molar-refractivity contribution in [3.8, 4) is 0 Å². The molecule has 0 radical (unpaired) electrons. The molecule has 13 heavy (non-hydrogen) atoms. The first-order valence-electron chi connectivity index (χ1n) is 5.03. The van der Waals surface area contributed by atoms with Gasteiger partial charge in [0.15, 0.2) is 0 Å². The van der Waals surface area contributed by atoms with Crippen molar-refractivity contribution in [3.05, 3.63) is 0 Å². The summed E-state index contributed by atoms with van der Waals surface area (Å²) < 4.78 is 0. The van der Waals surface area contributed by atoms with Crippen molar-refractivity contribution in [1.29, 1.82) is 0 Å². The first-order valence-corrected chi connectivity index (χ1v) is 5.03. The topological polar surface area (TPSA) is 60.7 Å². The minimum Gasteiger partial charge on any atom is -0.396 e. The highest BCUT2D eigenvalue weighted by Gasteiger charge is 2.19. The number of hydrogen-bond donors (Lipinski definition) is 3. The monoisotopic (exact) mass is 190 g/mol. The predicted molar refractivity (Wildman–Crippen MR) is 52.4 cm³/mol. The lowest BCUT2D eigenvalue weighted by Crippen LogP contribution is -2.26. The Hall–Kier alpha value is -0.120. The van der Waals surface area contributed by atoms with Gasteiger partial charge in [0.1, 0.15) is 0 Å². The fraction of sp³-hybridized carbons (Fsp3) is 1.00. The van der Waals surface area contributed by atoms with Gasteiger partial charge in [0, 0.05) is 13.2 Å². The van der Waals surface area contributed by atoms with Gasteiger partial charge < -0.3 is 15.3 Å². The molecule has 0 spiro atoms. The molecule has 0 fully saturated rings. The van der Waals surface area contributed by atoms with Gasteiger partial charge >= 0.3 is 0 Å². The second-order valence-corrected chi connectivity index (χ2v) is 3.82. The van der Waals surface area contributed by atoms with Crippen LogP contribution in [0.3, 0.4) is 0 Å². The molecule has 0 amide bonds. The molecule has 0 aromatic carbocycles. The highest BCUT2D eigenvalue weighted by molar-refractivity contribution is 4.70. The van der Waals surface area contributed by atoms with Gasteiger partial charge in [-0.25, -0.2) is 0 Å². The molecule has 0 aromatic heterocycles. The van der Waals surface area contributed by atoms with E-state index in [1.165, 1.54) is 0 Å². The van der Waals surface area contributed by atoms with E-state index in [2.05, 4.69) is 0 Å². The zero-order valence-electron chi connectivity index (χ0n) is 8.61. The van der Waals surface area contributed by atoms with Crippen molar-refractivity contribution < 1.29 is 15.3 Å². The highest BCUT2D eigenvalue weighted by atomic mass is 16.3. The second kappa shape index (κ2) is 7.30. The van der Waals surface area contributed by atoms with Crippen LogP contribution in [0.25, 0.3) is 0 Å². The molecule has 3 atom stereocenters. The van der Waals surface area contributed by atoms with E-state index < -0.39 is 0 Å². The maximum Gasteiger partial charge on any atom is 0.0592 e. The molecule has 0 saturated heterocycles. The van der Waals surface area contributed by atoms with Crippen LogP contribution in [0.1, 0.15) is 33.1 Å². The summed E-state index contributed by atoms with van der Waals surface area (Å²) in [5.74, 6) is 0.340. The molecule has 0 heterocycles. The second-order valence-electron chi connectivity index (χ2n) is 3.82. The number of rotatable bonds is 7. The molecule has 0 aliphatic rings. The molecule has 0 aliphatic heterocycles. The summed E-state index contributed by atoms with van der Waals surface area (Å²) in [5, 5.41) is 27.1. The van der Waals surface area contributed by atoms with Gasteiger partial charge in [-0.2, -0.15) is 0 Å². The zero-order chi connectivity index (χ0) is 10.3. The first-order chi connectivity index (χ1) is 6.13. The molecule has 0 bridgehead atoms. The fourth-order valence-electron chi connectivity index (χ4n) is 1.52. The highest BCUT2D eigenvalue weighted by Crippen LogP contribution is 2.19. The van der Waals surface area contributed by atoms with Gasteiger partial charge in [0.05, 0.1) is 6.10 Å². The Kier molecular flexibility index (Phi) is 7.23. The third-order valence-electron chi connectivity index (χ3n) is 2.57. The smallest absolute Gasteiger partial charge is 0.0592 e. The maximum absolute atomic E-state index is 9.75. The lowest BCUT2D eigenvalue weighted by atomic mass is 9.88. The van der Waals surface area contributed by atoms with Crippen LogP contribution < -0.4 is 0 Å². The first kappa shape index (κ1) is 12.9. The predicted octanol–water partition coefficient (Wildman–Crippen LogP) is 0.774.